The van der Waals surface area contributed by atoms with Crippen molar-refractivity contribution < 1.29 is 5.11 Å². The summed E-state index contributed by atoms with van der Waals surface area (Å²) in [5, 5.41) is 9.89. The number of aryl methyl sites for hydroxylation is 2. The summed E-state index contributed by atoms with van der Waals surface area (Å²) in [6, 6.07) is 0. The molecular weight excluding hydrogens is 196 g/mol. The highest BCUT2D eigenvalue weighted by Crippen LogP contribution is 2.17. The van der Waals surface area contributed by atoms with E-state index < -0.39 is 0 Å². The molecule has 1 aromatic rings. The van der Waals surface area contributed by atoms with E-state index in [1.165, 1.54) is 11.8 Å². The van der Waals surface area contributed by atoms with Crippen LogP contribution in [-0.2, 0) is 0 Å². The first-order valence-corrected chi connectivity index (χ1v) is 5.62. The zero-order valence-corrected chi connectivity index (χ0v) is 9.85. The topological polar surface area (TPSA) is 46.0 Å². The van der Waals surface area contributed by atoms with Gasteiger partial charge in [0.25, 0.3) is 0 Å². The highest BCUT2D eigenvalue weighted by Gasteiger charge is 2.06. The second kappa shape index (κ2) is 4.75. The fourth-order valence-corrected chi connectivity index (χ4v) is 1.79. The van der Waals surface area contributed by atoms with Crippen molar-refractivity contribution in [2.24, 2.45) is 0 Å². The number of nitrogens with zero attached hydrogens (tertiary/aromatic N) is 2. The lowest BCUT2D eigenvalue weighted by Crippen LogP contribution is -2.05. The van der Waals surface area contributed by atoms with Gasteiger partial charge in [-0.1, -0.05) is 11.8 Å². The number of aromatic nitrogens is 2. The summed E-state index contributed by atoms with van der Waals surface area (Å²) in [7, 11) is 0. The van der Waals surface area contributed by atoms with Gasteiger partial charge in [0, 0.05) is 17.1 Å². The molecule has 0 fully saturated rings. The van der Waals surface area contributed by atoms with E-state index in [9.17, 15) is 0 Å². The number of rotatable bonds is 3. The third-order valence-electron chi connectivity index (χ3n) is 2.07. The molecule has 1 aromatic heterocycles. The Labute approximate surface area is 89.0 Å². The fourth-order valence-electron chi connectivity index (χ4n) is 1.00. The molecule has 1 rings (SSSR count). The highest BCUT2D eigenvalue weighted by molar-refractivity contribution is 7.99. The summed E-state index contributed by atoms with van der Waals surface area (Å²) in [5.74, 6) is 0.641. The summed E-state index contributed by atoms with van der Waals surface area (Å²) >= 11 is 1.49. The van der Waals surface area contributed by atoms with Crippen LogP contribution in [0.4, 0.5) is 0 Å². The van der Waals surface area contributed by atoms with E-state index in [1.54, 1.807) is 6.92 Å². The van der Waals surface area contributed by atoms with Gasteiger partial charge in [-0.15, -0.1) is 0 Å². The second-order valence-electron chi connectivity index (χ2n) is 3.46. The molecule has 0 amide bonds. The van der Waals surface area contributed by atoms with Crippen molar-refractivity contribution in [2.45, 2.75) is 39.0 Å². The summed E-state index contributed by atoms with van der Waals surface area (Å²) in [6.45, 7) is 7.75. The first-order chi connectivity index (χ1) is 6.50. The molecule has 4 heteroatoms. The van der Waals surface area contributed by atoms with Crippen molar-refractivity contribution in [3.63, 3.8) is 0 Å². The Morgan fingerprint density at radius 3 is 2.14 bits per heavy atom. The molecule has 0 saturated carbocycles. The molecule has 0 spiro atoms. The summed E-state index contributed by atoms with van der Waals surface area (Å²) in [4.78, 5) is 8.69. The minimum absolute atomic E-state index is 0.314. The van der Waals surface area contributed by atoms with Gasteiger partial charge in [0.15, 0.2) is 5.16 Å². The first kappa shape index (κ1) is 11.5. The minimum Gasteiger partial charge on any atom is -0.393 e. The normalized spacial score (nSPS) is 12.9. The summed E-state index contributed by atoms with van der Waals surface area (Å²) in [5.41, 5.74) is 3.18. The van der Waals surface area contributed by atoms with E-state index in [2.05, 4.69) is 9.97 Å². The zero-order valence-electron chi connectivity index (χ0n) is 9.03. The molecule has 1 N–H and O–H groups in total. The van der Waals surface area contributed by atoms with E-state index in [4.69, 9.17) is 5.11 Å². The van der Waals surface area contributed by atoms with Crippen molar-refractivity contribution in [1.82, 2.24) is 9.97 Å². The SMILES string of the molecule is Cc1nc(SCC(C)O)nc(C)c1C. The van der Waals surface area contributed by atoms with Crippen LogP contribution in [0.3, 0.4) is 0 Å². The number of aliphatic hydroxyl groups is 1. The predicted octanol–water partition coefficient (Wildman–Crippen LogP) is 1.87. The van der Waals surface area contributed by atoms with E-state index in [0.29, 0.717) is 5.75 Å². The maximum absolute atomic E-state index is 9.13. The number of hydrogen-bond donors (Lipinski definition) is 1. The first-order valence-electron chi connectivity index (χ1n) is 4.63. The largest absolute Gasteiger partial charge is 0.393 e. The molecule has 1 atom stereocenters. The van der Waals surface area contributed by atoms with Crippen LogP contribution in [0.5, 0.6) is 0 Å². The van der Waals surface area contributed by atoms with Gasteiger partial charge < -0.3 is 5.11 Å². The molecule has 0 aliphatic heterocycles. The van der Waals surface area contributed by atoms with Crippen LogP contribution < -0.4 is 0 Å². The van der Waals surface area contributed by atoms with Gasteiger partial charge in [-0.2, -0.15) is 0 Å². The molecule has 1 unspecified atom stereocenters. The van der Waals surface area contributed by atoms with Crippen LogP contribution in [0, 0.1) is 20.8 Å². The van der Waals surface area contributed by atoms with Crippen LogP contribution in [0.1, 0.15) is 23.9 Å². The van der Waals surface area contributed by atoms with E-state index in [0.717, 1.165) is 22.1 Å². The minimum atomic E-state index is -0.314. The molecule has 1 heterocycles. The van der Waals surface area contributed by atoms with Gasteiger partial charge in [-0.05, 0) is 33.3 Å². The monoisotopic (exact) mass is 212 g/mol. The number of thioether (sulfide) groups is 1. The van der Waals surface area contributed by atoms with Crippen LogP contribution in [0.25, 0.3) is 0 Å². The van der Waals surface area contributed by atoms with Crippen molar-refractivity contribution in [3.05, 3.63) is 17.0 Å². The van der Waals surface area contributed by atoms with Crippen molar-refractivity contribution in [1.29, 1.82) is 0 Å². The molecule has 0 aromatic carbocycles. The molecule has 0 aliphatic carbocycles. The lowest BCUT2D eigenvalue weighted by atomic mass is 10.2. The third kappa shape index (κ3) is 2.96. The third-order valence-corrected chi connectivity index (χ3v) is 3.16. The summed E-state index contributed by atoms with van der Waals surface area (Å²) in [6.07, 6.45) is -0.314. The number of hydrogen-bond acceptors (Lipinski definition) is 4. The molecule has 3 nitrogen and oxygen atoms in total. The molecule has 14 heavy (non-hydrogen) atoms. The molecule has 0 saturated heterocycles. The van der Waals surface area contributed by atoms with Gasteiger partial charge in [0.1, 0.15) is 0 Å². The Balaban J connectivity index is 2.79. The van der Waals surface area contributed by atoms with Crippen molar-refractivity contribution >= 4 is 11.8 Å². The Kier molecular flexibility index (Phi) is 3.89. The van der Waals surface area contributed by atoms with Crippen LogP contribution in [0.15, 0.2) is 5.16 Å². The lowest BCUT2D eigenvalue weighted by Gasteiger charge is -2.07. The standard InChI is InChI=1S/C10H16N2OS/c1-6(13)5-14-10-11-8(3)7(2)9(4)12-10/h6,13H,5H2,1-4H3. The lowest BCUT2D eigenvalue weighted by molar-refractivity contribution is 0.220. The smallest absolute Gasteiger partial charge is 0.188 e. The van der Waals surface area contributed by atoms with Crippen LogP contribution >= 0.6 is 11.8 Å². The van der Waals surface area contributed by atoms with Gasteiger partial charge in [-0.3, -0.25) is 0 Å². The second-order valence-corrected chi connectivity index (χ2v) is 4.45. The van der Waals surface area contributed by atoms with E-state index >= 15 is 0 Å². The number of aliphatic hydroxyl groups excluding tert-OH is 1. The summed E-state index contributed by atoms with van der Waals surface area (Å²) < 4.78 is 0. The molecule has 78 valence electrons. The average molecular weight is 212 g/mol. The van der Waals surface area contributed by atoms with E-state index in [1.807, 2.05) is 20.8 Å². The van der Waals surface area contributed by atoms with Gasteiger partial charge >= 0.3 is 0 Å². The Morgan fingerprint density at radius 1 is 1.21 bits per heavy atom. The highest BCUT2D eigenvalue weighted by atomic mass is 32.2. The fraction of sp³-hybridized carbons (Fsp3) is 0.600. The van der Waals surface area contributed by atoms with Crippen LogP contribution in [0.2, 0.25) is 0 Å². The van der Waals surface area contributed by atoms with Gasteiger partial charge in [-0.25, -0.2) is 9.97 Å². The quantitative estimate of drug-likeness (QED) is 0.614. The predicted molar refractivity (Wildman–Crippen MR) is 58.6 cm³/mol. The van der Waals surface area contributed by atoms with Gasteiger partial charge in [0.2, 0.25) is 0 Å². The molecule has 0 bridgehead atoms. The molecule has 0 aliphatic rings. The van der Waals surface area contributed by atoms with Crippen molar-refractivity contribution in [2.75, 3.05) is 5.75 Å². The average Bonchev–Trinajstić information content (AvgIpc) is 2.10. The van der Waals surface area contributed by atoms with Gasteiger partial charge in [0.05, 0.1) is 6.10 Å². The van der Waals surface area contributed by atoms with Crippen molar-refractivity contribution in [3.8, 4) is 0 Å². The maximum Gasteiger partial charge on any atom is 0.188 e. The van der Waals surface area contributed by atoms with E-state index in [-0.39, 0.29) is 6.10 Å². The molecular formula is C10H16N2OS. The zero-order chi connectivity index (χ0) is 10.7. The Morgan fingerprint density at radius 2 is 1.71 bits per heavy atom. The maximum atomic E-state index is 9.13. The Bertz CT molecular complexity index is 303. The molecule has 0 radical (unpaired) electrons. The Hall–Kier alpha value is -0.610. The van der Waals surface area contributed by atoms with Crippen LogP contribution in [-0.4, -0.2) is 26.9 Å².